The highest BCUT2D eigenvalue weighted by Gasteiger charge is 2.11. The van der Waals surface area contributed by atoms with Gasteiger partial charge < -0.3 is 15.7 Å². The van der Waals surface area contributed by atoms with Gasteiger partial charge in [-0.05, 0) is 23.6 Å². The van der Waals surface area contributed by atoms with Crippen molar-refractivity contribution < 1.29 is 14.7 Å². The third-order valence-electron chi connectivity index (χ3n) is 2.81. The summed E-state index contributed by atoms with van der Waals surface area (Å²) in [6, 6.07) is 12.3. The normalized spacial score (nSPS) is 11.7. The molecule has 0 fully saturated rings. The summed E-state index contributed by atoms with van der Waals surface area (Å²) in [5.74, 6) is -0.639. The first kappa shape index (κ1) is 15.2. The highest BCUT2D eigenvalue weighted by molar-refractivity contribution is 7.10. The van der Waals surface area contributed by atoms with Crippen LogP contribution in [0, 0.1) is 0 Å². The largest absolute Gasteiger partial charge is 0.386 e. The highest BCUT2D eigenvalue weighted by atomic mass is 32.1. The quantitative estimate of drug-likeness (QED) is 0.753. The predicted molar refractivity (Wildman–Crippen MR) is 81.1 cm³/mol. The van der Waals surface area contributed by atoms with Gasteiger partial charge in [-0.25, -0.2) is 0 Å². The maximum absolute atomic E-state index is 11.7. The van der Waals surface area contributed by atoms with Gasteiger partial charge in [-0.2, -0.15) is 0 Å². The predicted octanol–water partition coefficient (Wildman–Crippen LogP) is 1.33. The summed E-state index contributed by atoms with van der Waals surface area (Å²) in [5.41, 5.74) is 0.504. The summed E-state index contributed by atoms with van der Waals surface area (Å²) in [4.78, 5) is 24.1. The molecule has 0 saturated heterocycles. The minimum atomic E-state index is -0.723. The second kappa shape index (κ2) is 7.56. The van der Waals surface area contributed by atoms with E-state index in [0.717, 1.165) is 4.88 Å². The van der Waals surface area contributed by atoms with Crippen molar-refractivity contribution in [2.45, 2.75) is 6.10 Å². The second-order valence-electron chi connectivity index (χ2n) is 4.38. The van der Waals surface area contributed by atoms with Crippen molar-refractivity contribution >= 4 is 23.2 Å². The van der Waals surface area contributed by atoms with Crippen molar-refractivity contribution in [1.82, 2.24) is 10.6 Å². The van der Waals surface area contributed by atoms with E-state index in [4.69, 9.17) is 0 Å². The van der Waals surface area contributed by atoms with Gasteiger partial charge in [0, 0.05) is 17.0 Å². The lowest BCUT2D eigenvalue weighted by Crippen LogP contribution is -2.38. The zero-order valence-electron chi connectivity index (χ0n) is 11.3. The third-order valence-corrected chi connectivity index (χ3v) is 3.78. The van der Waals surface area contributed by atoms with E-state index >= 15 is 0 Å². The van der Waals surface area contributed by atoms with E-state index in [0.29, 0.717) is 5.56 Å². The topological polar surface area (TPSA) is 78.4 Å². The lowest BCUT2D eigenvalue weighted by atomic mass is 10.2. The lowest BCUT2D eigenvalue weighted by molar-refractivity contribution is -0.120. The Labute approximate surface area is 126 Å². The Balaban J connectivity index is 1.71. The number of thiophene rings is 1. The van der Waals surface area contributed by atoms with Crippen LogP contribution in [0.4, 0.5) is 0 Å². The van der Waals surface area contributed by atoms with Crippen LogP contribution in [0.1, 0.15) is 21.3 Å². The Hall–Kier alpha value is -2.18. The minimum Gasteiger partial charge on any atom is -0.386 e. The van der Waals surface area contributed by atoms with E-state index in [2.05, 4.69) is 10.6 Å². The van der Waals surface area contributed by atoms with Gasteiger partial charge in [0.05, 0.1) is 6.54 Å². The van der Waals surface area contributed by atoms with Crippen LogP contribution in [0.5, 0.6) is 0 Å². The molecule has 0 aliphatic carbocycles. The van der Waals surface area contributed by atoms with E-state index in [-0.39, 0.29) is 24.9 Å². The summed E-state index contributed by atoms with van der Waals surface area (Å²) < 4.78 is 0. The number of nitrogens with one attached hydrogen (secondary N) is 2. The van der Waals surface area contributed by atoms with E-state index in [1.165, 1.54) is 11.3 Å². The van der Waals surface area contributed by atoms with Crippen molar-refractivity contribution in [3.63, 3.8) is 0 Å². The smallest absolute Gasteiger partial charge is 0.251 e. The lowest BCUT2D eigenvalue weighted by Gasteiger charge is -2.10. The van der Waals surface area contributed by atoms with Crippen LogP contribution >= 0.6 is 11.3 Å². The Morgan fingerprint density at radius 2 is 1.86 bits per heavy atom. The van der Waals surface area contributed by atoms with Gasteiger partial charge in [-0.15, -0.1) is 11.3 Å². The maximum atomic E-state index is 11.7. The van der Waals surface area contributed by atoms with Crippen molar-refractivity contribution in [3.05, 3.63) is 58.3 Å². The molecule has 1 heterocycles. The summed E-state index contributed by atoms with van der Waals surface area (Å²) >= 11 is 1.43. The first-order valence-electron chi connectivity index (χ1n) is 6.48. The Kier molecular flexibility index (Phi) is 5.48. The first-order valence-corrected chi connectivity index (χ1v) is 7.36. The molecule has 2 rings (SSSR count). The number of rotatable bonds is 6. The molecule has 2 aromatic rings. The summed E-state index contributed by atoms with van der Waals surface area (Å²) in [5, 5.41) is 16.8. The Morgan fingerprint density at radius 1 is 1.10 bits per heavy atom. The number of hydrogen-bond donors (Lipinski definition) is 3. The number of aliphatic hydroxyl groups excluding tert-OH is 1. The molecule has 21 heavy (non-hydrogen) atoms. The van der Waals surface area contributed by atoms with Gasteiger partial charge in [0.1, 0.15) is 6.10 Å². The van der Waals surface area contributed by atoms with Crippen LogP contribution in [0.2, 0.25) is 0 Å². The first-order chi connectivity index (χ1) is 10.2. The van der Waals surface area contributed by atoms with E-state index < -0.39 is 6.10 Å². The number of aliphatic hydroxyl groups is 1. The number of amides is 2. The van der Waals surface area contributed by atoms with Crippen molar-refractivity contribution in [2.24, 2.45) is 0 Å². The molecule has 0 bridgehead atoms. The Bertz CT molecular complexity index is 584. The molecule has 3 N–H and O–H groups in total. The van der Waals surface area contributed by atoms with Crippen LogP contribution in [-0.2, 0) is 4.79 Å². The molecule has 1 unspecified atom stereocenters. The van der Waals surface area contributed by atoms with Crippen LogP contribution in [0.3, 0.4) is 0 Å². The molecule has 0 radical (unpaired) electrons. The number of carbonyl (C=O) groups excluding carboxylic acids is 2. The summed E-state index contributed by atoms with van der Waals surface area (Å²) in [7, 11) is 0. The zero-order chi connectivity index (χ0) is 15.1. The molecule has 0 spiro atoms. The van der Waals surface area contributed by atoms with Crippen LogP contribution < -0.4 is 10.6 Å². The standard InChI is InChI=1S/C15H16N2O3S/c18-12(13-7-4-8-21-13)9-16-14(19)10-17-15(20)11-5-2-1-3-6-11/h1-8,12,18H,9-10H2,(H,16,19)(H,17,20). The fourth-order valence-electron chi connectivity index (χ4n) is 1.71. The van der Waals surface area contributed by atoms with Gasteiger partial charge >= 0.3 is 0 Å². The van der Waals surface area contributed by atoms with Crippen molar-refractivity contribution in [3.8, 4) is 0 Å². The van der Waals surface area contributed by atoms with Gasteiger partial charge in [0.15, 0.2) is 0 Å². The molecule has 0 aliphatic heterocycles. The number of benzene rings is 1. The summed E-state index contributed by atoms with van der Waals surface area (Å²) in [6.45, 7) is 0.00540. The summed E-state index contributed by atoms with van der Waals surface area (Å²) in [6.07, 6.45) is -0.723. The van der Waals surface area contributed by atoms with Gasteiger partial charge in [-0.1, -0.05) is 24.3 Å². The average Bonchev–Trinajstić information content (AvgIpc) is 3.05. The Morgan fingerprint density at radius 3 is 2.52 bits per heavy atom. The highest BCUT2D eigenvalue weighted by Crippen LogP contribution is 2.17. The molecule has 0 saturated carbocycles. The molecule has 6 heteroatoms. The van der Waals surface area contributed by atoms with Crippen molar-refractivity contribution in [1.29, 1.82) is 0 Å². The van der Waals surface area contributed by atoms with E-state index in [1.54, 1.807) is 30.3 Å². The maximum Gasteiger partial charge on any atom is 0.251 e. The number of hydrogen-bond acceptors (Lipinski definition) is 4. The SMILES string of the molecule is O=C(CNC(=O)c1ccccc1)NCC(O)c1cccs1. The van der Waals surface area contributed by atoms with E-state index in [1.807, 2.05) is 17.5 Å². The molecule has 1 aromatic heterocycles. The third kappa shape index (κ3) is 4.70. The van der Waals surface area contributed by atoms with Crippen molar-refractivity contribution in [2.75, 3.05) is 13.1 Å². The molecule has 2 amide bonds. The second-order valence-corrected chi connectivity index (χ2v) is 5.36. The molecule has 1 atom stereocenters. The molecule has 0 aliphatic rings. The zero-order valence-corrected chi connectivity index (χ0v) is 12.1. The fraction of sp³-hybridized carbons (Fsp3) is 0.200. The molecule has 1 aromatic carbocycles. The monoisotopic (exact) mass is 304 g/mol. The van der Waals surface area contributed by atoms with Crippen LogP contribution in [0.25, 0.3) is 0 Å². The van der Waals surface area contributed by atoms with Gasteiger partial charge in [0.2, 0.25) is 5.91 Å². The molecule has 110 valence electrons. The van der Waals surface area contributed by atoms with Crippen LogP contribution in [-0.4, -0.2) is 30.0 Å². The molecular weight excluding hydrogens is 288 g/mol. The van der Waals surface area contributed by atoms with Crippen LogP contribution in [0.15, 0.2) is 47.8 Å². The average molecular weight is 304 g/mol. The molecule has 5 nitrogen and oxygen atoms in total. The minimum absolute atomic E-state index is 0.120. The number of carbonyl (C=O) groups is 2. The van der Waals surface area contributed by atoms with E-state index in [9.17, 15) is 14.7 Å². The molecular formula is C15H16N2O3S. The van der Waals surface area contributed by atoms with Gasteiger partial charge in [-0.3, -0.25) is 9.59 Å². The van der Waals surface area contributed by atoms with Gasteiger partial charge in [0.25, 0.3) is 5.91 Å². The fourth-order valence-corrected chi connectivity index (χ4v) is 2.42.